The maximum absolute atomic E-state index is 12.5. The number of para-hydroxylation sites is 1. The van der Waals surface area contributed by atoms with E-state index in [-0.39, 0.29) is 19.1 Å². The molecule has 0 unspecified atom stereocenters. The lowest BCUT2D eigenvalue weighted by molar-refractivity contribution is -0.122. The number of hydrogen-bond acceptors (Lipinski definition) is 4. The quantitative estimate of drug-likeness (QED) is 0.646. The normalized spacial score (nSPS) is 10.4. The molecule has 0 saturated heterocycles. The Morgan fingerprint density at radius 3 is 2.43 bits per heavy atom. The fourth-order valence-corrected chi connectivity index (χ4v) is 2.75. The van der Waals surface area contributed by atoms with Crippen LogP contribution in [0.3, 0.4) is 0 Å². The third-order valence-electron chi connectivity index (χ3n) is 4.11. The number of hydrazine groups is 1. The summed E-state index contributed by atoms with van der Waals surface area (Å²) < 4.78 is 7.31. The van der Waals surface area contributed by atoms with Crippen molar-refractivity contribution in [1.82, 2.24) is 20.6 Å². The van der Waals surface area contributed by atoms with Crippen molar-refractivity contribution in [3.63, 3.8) is 0 Å². The molecule has 2 N–H and O–H groups in total. The lowest BCUT2D eigenvalue weighted by Crippen LogP contribution is -2.43. The minimum atomic E-state index is -0.408. The van der Waals surface area contributed by atoms with Gasteiger partial charge in [-0.25, -0.2) is 0 Å². The second kappa shape index (κ2) is 8.85. The van der Waals surface area contributed by atoms with Crippen molar-refractivity contribution in [1.29, 1.82) is 0 Å². The van der Waals surface area contributed by atoms with Gasteiger partial charge < -0.3 is 4.74 Å². The number of carbonyl (C=O) groups is 2. The molecular formula is C21H22N4O3. The highest BCUT2D eigenvalue weighted by Crippen LogP contribution is 2.14. The van der Waals surface area contributed by atoms with E-state index < -0.39 is 5.91 Å². The Balaban J connectivity index is 1.58. The van der Waals surface area contributed by atoms with Crippen LogP contribution in [0.25, 0.3) is 0 Å². The van der Waals surface area contributed by atoms with Gasteiger partial charge in [0.15, 0.2) is 0 Å². The van der Waals surface area contributed by atoms with Crippen LogP contribution in [0.4, 0.5) is 0 Å². The van der Waals surface area contributed by atoms with Crippen molar-refractivity contribution in [3.05, 3.63) is 83.2 Å². The fourth-order valence-electron chi connectivity index (χ4n) is 2.75. The summed E-state index contributed by atoms with van der Waals surface area (Å²) in [4.78, 5) is 24.6. The van der Waals surface area contributed by atoms with Gasteiger partial charge in [0.05, 0.1) is 5.69 Å². The van der Waals surface area contributed by atoms with Crippen LogP contribution in [0, 0.1) is 13.8 Å². The van der Waals surface area contributed by atoms with Crippen LogP contribution < -0.4 is 15.6 Å². The second-order valence-corrected chi connectivity index (χ2v) is 6.35. The van der Waals surface area contributed by atoms with Crippen molar-refractivity contribution in [2.24, 2.45) is 0 Å². The molecule has 2 amide bonds. The highest BCUT2D eigenvalue weighted by atomic mass is 16.5. The molecule has 144 valence electrons. The topological polar surface area (TPSA) is 85.2 Å². The first-order valence-corrected chi connectivity index (χ1v) is 8.89. The second-order valence-electron chi connectivity index (χ2n) is 6.35. The number of benzene rings is 2. The van der Waals surface area contributed by atoms with Gasteiger partial charge in [-0.2, -0.15) is 5.10 Å². The highest BCUT2D eigenvalue weighted by Gasteiger charge is 2.13. The summed E-state index contributed by atoms with van der Waals surface area (Å²) in [6, 6.07) is 18.3. The van der Waals surface area contributed by atoms with Crippen molar-refractivity contribution in [3.8, 4) is 5.75 Å². The summed E-state index contributed by atoms with van der Waals surface area (Å²) >= 11 is 0. The van der Waals surface area contributed by atoms with Crippen LogP contribution in [0.15, 0.2) is 60.7 Å². The number of ether oxygens (including phenoxy) is 1. The first-order valence-electron chi connectivity index (χ1n) is 8.89. The van der Waals surface area contributed by atoms with Crippen LogP contribution in [0.1, 0.15) is 27.3 Å². The molecule has 0 fully saturated rings. The van der Waals surface area contributed by atoms with Crippen molar-refractivity contribution < 1.29 is 14.3 Å². The molecule has 1 heterocycles. The summed E-state index contributed by atoms with van der Waals surface area (Å²) in [5, 5.41) is 4.23. The Labute approximate surface area is 163 Å². The van der Waals surface area contributed by atoms with Crippen LogP contribution in [0.2, 0.25) is 0 Å². The molecule has 3 aromatic rings. The van der Waals surface area contributed by atoms with Crippen molar-refractivity contribution >= 4 is 11.8 Å². The molecule has 0 aliphatic rings. The van der Waals surface area contributed by atoms with E-state index in [1.54, 1.807) is 16.8 Å². The van der Waals surface area contributed by atoms with E-state index in [9.17, 15) is 9.59 Å². The van der Waals surface area contributed by atoms with E-state index in [4.69, 9.17) is 4.74 Å². The number of nitrogens with zero attached hydrogens (tertiary/aromatic N) is 2. The van der Waals surface area contributed by atoms with E-state index in [0.29, 0.717) is 5.56 Å². The molecule has 0 aliphatic carbocycles. The predicted octanol–water partition coefficient (Wildman–Crippen LogP) is 2.54. The molecule has 7 heteroatoms. The summed E-state index contributed by atoms with van der Waals surface area (Å²) in [7, 11) is 0. The average Bonchev–Trinajstić information content (AvgIpc) is 3.02. The van der Waals surface area contributed by atoms with Gasteiger partial charge in [0, 0.05) is 16.8 Å². The Morgan fingerprint density at radius 1 is 1.00 bits per heavy atom. The number of aromatic nitrogens is 2. The zero-order valence-corrected chi connectivity index (χ0v) is 15.8. The van der Waals surface area contributed by atoms with Crippen molar-refractivity contribution in [2.45, 2.75) is 27.0 Å². The third kappa shape index (κ3) is 4.97. The molecule has 0 bridgehead atoms. The maximum atomic E-state index is 12.5. The standard InChI is InChI=1S/C21H22N4O3/c1-15-12-16(2)25(24-15)13-20(26)22-23-21(27)19-11-7-6-8-17(19)14-28-18-9-4-3-5-10-18/h3-12H,13-14H2,1-2H3,(H,22,26)(H,23,27). The monoisotopic (exact) mass is 378 g/mol. The first-order chi connectivity index (χ1) is 13.5. The Kier molecular flexibility index (Phi) is 6.06. The minimum absolute atomic E-state index is 0.0265. The molecular weight excluding hydrogens is 356 g/mol. The summed E-state index contributed by atoms with van der Waals surface area (Å²) in [5.41, 5.74) is 7.74. The van der Waals surface area contributed by atoms with Gasteiger partial charge in [0.1, 0.15) is 18.9 Å². The maximum Gasteiger partial charge on any atom is 0.270 e. The number of rotatable bonds is 6. The smallest absolute Gasteiger partial charge is 0.270 e. The minimum Gasteiger partial charge on any atom is -0.489 e. The molecule has 0 atom stereocenters. The third-order valence-corrected chi connectivity index (χ3v) is 4.11. The van der Waals surface area contributed by atoms with Gasteiger partial charge in [0.25, 0.3) is 11.8 Å². The molecule has 0 radical (unpaired) electrons. The lowest BCUT2D eigenvalue weighted by Gasteiger charge is -2.12. The van der Waals surface area contributed by atoms with Gasteiger partial charge in [0.2, 0.25) is 0 Å². The summed E-state index contributed by atoms with van der Waals surface area (Å²) in [5.74, 6) is -0.0533. The predicted molar refractivity (Wildman–Crippen MR) is 105 cm³/mol. The van der Waals surface area contributed by atoms with E-state index in [0.717, 1.165) is 22.7 Å². The van der Waals surface area contributed by atoms with Crippen LogP contribution in [-0.2, 0) is 17.9 Å². The number of nitrogens with one attached hydrogen (secondary N) is 2. The molecule has 0 spiro atoms. The van der Waals surface area contributed by atoms with E-state index >= 15 is 0 Å². The number of carbonyl (C=O) groups excluding carboxylic acids is 2. The molecule has 1 aromatic heterocycles. The molecule has 2 aromatic carbocycles. The van der Waals surface area contributed by atoms with E-state index in [1.807, 2.05) is 62.4 Å². The van der Waals surface area contributed by atoms with Gasteiger partial charge >= 0.3 is 0 Å². The Bertz CT molecular complexity index is 967. The van der Waals surface area contributed by atoms with Gasteiger partial charge in [-0.15, -0.1) is 0 Å². The van der Waals surface area contributed by atoms with Gasteiger partial charge in [-0.05, 0) is 38.1 Å². The SMILES string of the molecule is Cc1cc(C)n(CC(=O)NNC(=O)c2ccccc2COc2ccccc2)n1. The van der Waals surface area contributed by atoms with E-state index in [2.05, 4.69) is 16.0 Å². The number of aryl methyl sites for hydroxylation is 2. The summed E-state index contributed by atoms with van der Waals surface area (Å²) in [6.45, 7) is 4.00. The molecule has 0 saturated carbocycles. The number of hydrogen-bond donors (Lipinski definition) is 2. The molecule has 7 nitrogen and oxygen atoms in total. The molecule has 0 aliphatic heterocycles. The summed E-state index contributed by atoms with van der Waals surface area (Å²) in [6.07, 6.45) is 0. The zero-order chi connectivity index (χ0) is 19.9. The number of amides is 2. The van der Waals surface area contributed by atoms with Crippen LogP contribution in [-0.4, -0.2) is 21.6 Å². The van der Waals surface area contributed by atoms with Crippen molar-refractivity contribution in [2.75, 3.05) is 0 Å². The molecule has 28 heavy (non-hydrogen) atoms. The average molecular weight is 378 g/mol. The lowest BCUT2D eigenvalue weighted by atomic mass is 10.1. The van der Waals surface area contributed by atoms with Gasteiger partial charge in [-0.3, -0.25) is 25.1 Å². The Morgan fingerprint density at radius 2 is 1.71 bits per heavy atom. The van der Waals surface area contributed by atoms with Gasteiger partial charge in [-0.1, -0.05) is 36.4 Å². The fraction of sp³-hybridized carbons (Fsp3) is 0.190. The van der Waals surface area contributed by atoms with Crippen LogP contribution in [0.5, 0.6) is 5.75 Å². The molecule has 3 rings (SSSR count). The Hall–Kier alpha value is -3.61. The largest absolute Gasteiger partial charge is 0.489 e. The highest BCUT2D eigenvalue weighted by molar-refractivity contribution is 5.96. The first kappa shape index (κ1) is 19.2. The van der Waals surface area contributed by atoms with Crippen LogP contribution >= 0.6 is 0 Å². The zero-order valence-electron chi connectivity index (χ0n) is 15.8. The van der Waals surface area contributed by atoms with E-state index in [1.165, 1.54) is 0 Å².